The van der Waals surface area contributed by atoms with Crippen LogP contribution in [0.4, 0.5) is 5.69 Å². The topological polar surface area (TPSA) is 59.8 Å². The molecule has 0 aliphatic carbocycles. The maximum Gasteiger partial charge on any atom is 0.274 e. The van der Waals surface area contributed by atoms with Gasteiger partial charge in [-0.2, -0.15) is 5.10 Å². The first-order valence-electron chi connectivity index (χ1n) is 5.94. The second kappa shape index (κ2) is 5.40. The standard InChI is InChI=1S/C13H15ClN4O/c1-8(2)12-11(7-18(3)17-12)16-13(19)10-6-9(14)4-5-15-10/h4-8H,1-3H3,(H,16,19). The molecule has 0 unspecified atom stereocenters. The molecule has 19 heavy (non-hydrogen) atoms. The molecule has 0 bridgehead atoms. The van der Waals surface area contributed by atoms with Crippen molar-refractivity contribution in [3.8, 4) is 0 Å². The van der Waals surface area contributed by atoms with Gasteiger partial charge in [0.25, 0.3) is 5.91 Å². The number of pyridine rings is 1. The van der Waals surface area contributed by atoms with Crippen LogP contribution in [0.3, 0.4) is 0 Å². The van der Waals surface area contributed by atoms with Gasteiger partial charge in [0.15, 0.2) is 0 Å². The lowest BCUT2D eigenvalue weighted by atomic mass is 10.1. The largest absolute Gasteiger partial charge is 0.318 e. The number of anilines is 1. The maximum absolute atomic E-state index is 12.1. The van der Waals surface area contributed by atoms with Crippen molar-refractivity contribution in [2.75, 3.05) is 5.32 Å². The maximum atomic E-state index is 12.1. The zero-order valence-electron chi connectivity index (χ0n) is 11.0. The normalized spacial score (nSPS) is 10.8. The molecule has 0 aliphatic rings. The summed E-state index contributed by atoms with van der Waals surface area (Å²) in [5, 5.41) is 7.62. The number of amides is 1. The molecule has 0 spiro atoms. The molecule has 2 heterocycles. The van der Waals surface area contributed by atoms with E-state index in [0.717, 1.165) is 5.69 Å². The highest BCUT2D eigenvalue weighted by atomic mass is 35.5. The van der Waals surface area contributed by atoms with Gasteiger partial charge in [-0.3, -0.25) is 14.5 Å². The molecule has 0 aromatic carbocycles. The number of halogens is 1. The Bertz CT molecular complexity index is 606. The number of rotatable bonds is 3. The van der Waals surface area contributed by atoms with Gasteiger partial charge in [-0.1, -0.05) is 25.4 Å². The van der Waals surface area contributed by atoms with Gasteiger partial charge in [0, 0.05) is 24.5 Å². The minimum Gasteiger partial charge on any atom is -0.318 e. The molecule has 0 saturated carbocycles. The van der Waals surface area contributed by atoms with Gasteiger partial charge in [0.2, 0.25) is 0 Å². The predicted molar refractivity (Wildman–Crippen MR) is 74.5 cm³/mol. The highest BCUT2D eigenvalue weighted by Crippen LogP contribution is 2.22. The van der Waals surface area contributed by atoms with Gasteiger partial charge in [0.1, 0.15) is 5.69 Å². The number of hydrogen-bond donors (Lipinski definition) is 1. The van der Waals surface area contributed by atoms with Crippen LogP contribution < -0.4 is 5.32 Å². The Balaban J connectivity index is 2.24. The minimum absolute atomic E-state index is 0.226. The summed E-state index contributed by atoms with van der Waals surface area (Å²) < 4.78 is 1.68. The number of nitrogens with one attached hydrogen (secondary N) is 1. The first-order chi connectivity index (χ1) is 8.97. The van der Waals surface area contributed by atoms with Crippen LogP contribution in [0.1, 0.15) is 35.9 Å². The molecule has 0 atom stereocenters. The Kier molecular flexibility index (Phi) is 3.85. The molecule has 2 rings (SSSR count). The minimum atomic E-state index is -0.294. The summed E-state index contributed by atoms with van der Waals surface area (Å²) in [6, 6.07) is 3.16. The first-order valence-corrected chi connectivity index (χ1v) is 6.31. The van der Waals surface area contributed by atoms with Crippen molar-refractivity contribution in [1.29, 1.82) is 0 Å². The summed E-state index contributed by atoms with van der Waals surface area (Å²) in [4.78, 5) is 16.1. The van der Waals surface area contributed by atoms with Crippen molar-refractivity contribution < 1.29 is 4.79 Å². The smallest absolute Gasteiger partial charge is 0.274 e. The molecule has 0 saturated heterocycles. The SMILES string of the molecule is CC(C)c1nn(C)cc1NC(=O)c1cc(Cl)ccn1. The van der Waals surface area contributed by atoms with Gasteiger partial charge in [-0.15, -0.1) is 0 Å². The summed E-state index contributed by atoms with van der Waals surface area (Å²) >= 11 is 5.84. The number of hydrogen-bond acceptors (Lipinski definition) is 3. The van der Waals surface area contributed by atoms with E-state index in [9.17, 15) is 4.79 Å². The molecule has 6 heteroatoms. The van der Waals surface area contributed by atoms with Crippen molar-refractivity contribution >= 4 is 23.2 Å². The molecule has 2 aromatic heterocycles. The van der Waals surface area contributed by atoms with Gasteiger partial charge in [0.05, 0.1) is 11.4 Å². The van der Waals surface area contributed by atoms with Crippen molar-refractivity contribution in [3.63, 3.8) is 0 Å². The van der Waals surface area contributed by atoms with E-state index in [-0.39, 0.29) is 17.5 Å². The third-order valence-corrected chi connectivity index (χ3v) is 2.84. The molecule has 0 fully saturated rings. The Morgan fingerprint density at radius 2 is 2.21 bits per heavy atom. The zero-order chi connectivity index (χ0) is 14.0. The van der Waals surface area contributed by atoms with E-state index in [1.807, 2.05) is 20.9 Å². The van der Waals surface area contributed by atoms with E-state index in [2.05, 4.69) is 15.4 Å². The van der Waals surface area contributed by atoms with Gasteiger partial charge in [-0.05, 0) is 18.1 Å². The van der Waals surface area contributed by atoms with Gasteiger partial charge in [-0.25, -0.2) is 0 Å². The fraction of sp³-hybridized carbons (Fsp3) is 0.308. The van der Waals surface area contributed by atoms with Crippen LogP contribution in [-0.2, 0) is 7.05 Å². The van der Waals surface area contributed by atoms with E-state index in [0.29, 0.717) is 10.7 Å². The van der Waals surface area contributed by atoms with Gasteiger partial charge < -0.3 is 5.32 Å². The Morgan fingerprint density at radius 1 is 1.47 bits per heavy atom. The Morgan fingerprint density at radius 3 is 2.84 bits per heavy atom. The van der Waals surface area contributed by atoms with Gasteiger partial charge >= 0.3 is 0 Å². The molecule has 0 aliphatic heterocycles. The quantitative estimate of drug-likeness (QED) is 0.939. The fourth-order valence-electron chi connectivity index (χ4n) is 1.74. The van der Waals surface area contributed by atoms with Crippen LogP contribution in [0.2, 0.25) is 5.02 Å². The molecule has 1 N–H and O–H groups in total. The summed E-state index contributed by atoms with van der Waals surface area (Å²) in [6.07, 6.45) is 3.28. The average molecular weight is 279 g/mol. The third kappa shape index (κ3) is 3.12. The van der Waals surface area contributed by atoms with Crippen LogP contribution >= 0.6 is 11.6 Å². The van der Waals surface area contributed by atoms with E-state index in [4.69, 9.17) is 11.6 Å². The number of carbonyl (C=O) groups is 1. The second-order valence-corrected chi connectivity index (χ2v) is 5.01. The van der Waals surface area contributed by atoms with E-state index in [1.54, 1.807) is 16.9 Å². The highest BCUT2D eigenvalue weighted by Gasteiger charge is 2.15. The molecule has 5 nitrogen and oxygen atoms in total. The van der Waals surface area contributed by atoms with Crippen LogP contribution in [0.15, 0.2) is 24.5 Å². The zero-order valence-corrected chi connectivity index (χ0v) is 11.8. The first kappa shape index (κ1) is 13.5. The number of carbonyl (C=O) groups excluding carboxylic acids is 1. The molecule has 0 radical (unpaired) electrons. The van der Waals surface area contributed by atoms with Crippen LogP contribution in [0.5, 0.6) is 0 Å². The van der Waals surface area contributed by atoms with Crippen molar-refractivity contribution in [2.45, 2.75) is 19.8 Å². The Hall–Kier alpha value is -1.88. The molecule has 2 aromatic rings. The summed E-state index contributed by atoms with van der Waals surface area (Å²) in [5.74, 6) is -0.0683. The number of nitrogens with zero attached hydrogens (tertiary/aromatic N) is 3. The summed E-state index contributed by atoms with van der Waals surface area (Å²) in [6.45, 7) is 4.05. The summed E-state index contributed by atoms with van der Waals surface area (Å²) in [5.41, 5.74) is 1.83. The van der Waals surface area contributed by atoms with E-state index < -0.39 is 0 Å². The van der Waals surface area contributed by atoms with Crippen LogP contribution in [0.25, 0.3) is 0 Å². The van der Waals surface area contributed by atoms with Crippen LogP contribution in [0, 0.1) is 0 Å². The third-order valence-electron chi connectivity index (χ3n) is 2.61. The second-order valence-electron chi connectivity index (χ2n) is 4.57. The van der Waals surface area contributed by atoms with Crippen molar-refractivity contribution in [2.24, 2.45) is 7.05 Å². The Labute approximate surface area is 116 Å². The van der Waals surface area contributed by atoms with E-state index >= 15 is 0 Å². The van der Waals surface area contributed by atoms with E-state index in [1.165, 1.54) is 12.3 Å². The lowest BCUT2D eigenvalue weighted by Crippen LogP contribution is -2.14. The molecule has 100 valence electrons. The summed E-state index contributed by atoms with van der Waals surface area (Å²) in [7, 11) is 1.82. The lowest BCUT2D eigenvalue weighted by Gasteiger charge is -2.06. The predicted octanol–water partition coefficient (Wildman–Crippen LogP) is 2.84. The molecular formula is C13H15ClN4O. The lowest BCUT2D eigenvalue weighted by molar-refractivity contribution is 0.102. The average Bonchev–Trinajstić information content (AvgIpc) is 2.70. The monoisotopic (exact) mass is 278 g/mol. The highest BCUT2D eigenvalue weighted by molar-refractivity contribution is 6.30. The van der Waals surface area contributed by atoms with Crippen LogP contribution in [-0.4, -0.2) is 20.7 Å². The fourth-order valence-corrected chi connectivity index (χ4v) is 1.90. The number of aromatic nitrogens is 3. The van der Waals surface area contributed by atoms with Crippen molar-refractivity contribution in [1.82, 2.24) is 14.8 Å². The number of aryl methyl sites for hydroxylation is 1. The van der Waals surface area contributed by atoms with Crippen molar-refractivity contribution in [3.05, 3.63) is 40.9 Å². The molecular weight excluding hydrogens is 264 g/mol. The molecule has 1 amide bonds.